The minimum Gasteiger partial charge on any atom is -0.328 e. The maximum atomic E-state index is 5.12. The Kier molecular flexibility index (Phi) is 5.14. The van der Waals surface area contributed by atoms with Crippen LogP contribution in [0.3, 0.4) is 0 Å². The molecule has 0 saturated heterocycles. The summed E-state index contributed by atoms with van der Waals surface area (Å²) in [6.07, 6.45) is 10.5. The van der Waals surface area contributed by atoms with Gasteiger partial charge in [-0.2, -0.15) is 0 Å². The van der Waals surface area contributed by atoms with E-state index in [0.29, 0.717) is 0 Å². The van der Waals surface area contributed by atoms with Crippen LogP contribution in [0.2, 0.25) is 0 Å². The third-order valence-electron chi connectivity index (χ3n) is 8.68. The summed E-state index contributed by atoms with van der Waals surface area (Å²) in [5.74, 6) is 0. The van der Waals surface area contributed by atoms with Gasteiger partial charge in [-0.3, -0.25) is 14.4 Å². The predicted octanol–water partition coefficient (Wildman–Crippen LogP) is 7.93. The summed E-state index contributed by atoms with van der Waals surface area (Å²) >= 11 is 0. The number of hydrogen-bond acceptors (Lipinski definition) is 4. The summed E-state index contributed by atoms with van der Waals surface area (Å²) in [7, 11) is 2.08. The summed E-state index contributed by atoms with van der Waals surface area (Å²) < 4.78 is 4.51. The Bertz CT molecular complexity index is 2520. The lowest BCUT2D eigenvalue weighted by Crippen LogP contribution is -2.19. The quantitative estimate of drug-likeness (QED) is 0.204. The zero-order chi connectivity index (χ0) is 28.5. The van der Waals surface area contributed by atoms with E-state index in [9.17, 15) is 0 Å². The standard InChI is InChI=1S/C37H26N6/c1-42-33-16-8-5-13-24(33)28-21-38-31(19-26(28)36(42)40-23-11-3-2-4-12-23)32-20-27-29(22-39-32)25-14-6-9-17-34(25)43-35-18-10-7-15-30(35)41-37(27)43/h2-8,10-16,18-22H,9,17H2,1H3/b40-36-. The Labute approximate surface area is 247 Å². The van der Waals surface area contributed by atoms with Crippen LogP contribution in [0, 0.1) is 0 Å². The van der Waals surface area contributed by atoms with Gasteiger partial charge in [0.05, 0.1) is 28.1 Å². The van der Waals surface area contributed by atoms with Crippen LogP contribution in [-0.2, 0) is 13.5 Å². The van der Waals surface area contributed by atoms with E-state index >= 15 is 0 Å². The van der Waals surface area contributed by atoms with Crippen LogP contribution in [0.25, 0.3) is 66.6 Å². The van der Waals surface area contributed by atoms with E-state index in [1.54, 1.807) is 0 Å². The van der Waals surface area contributed by atoms with Crippen molar-refractivity contribution < 1.29 is 0 Å². The van der Waals surface area contributed by atoms with E-state index in [2.05, 4.69) is 88.8 Å². The molecule has 0 spiro atoms. The van der Waals surface area contributed by atoms with Crippen LogP contribution in [-0.4, -0.2) is 23.9 Å². The summed E-state index contributed by atoms with van der Waals surface area (Å²) in [4.78, 5) is 20.2. The van der Waals surface area contributed by atoms with Gasteiger partial charge >= 0.3 is 0 Å². The molecular formula is C37H26N6. The Balaban J connectivity index is 1.34. The average molecular weight is 555 g/mol. The molecule has 8 aromatic rings. The first-order valence-corrected chi connectivity index (χ1v) is 14.6. The van der Waals surface area contributed by atoms with Crippen LogP contribution in [0.4, 0.5) is 5.69 Å². The topological polar surface area (TPSA) is 60.4 Å². The third kappa shape index (κ3) is 3.59. The van der Waals surface area contributed by atoms with E-state index in [1.165, 1.54) is 11.3 Å². The molecule has 5 heterocycles. The van der Waals surface area contributed by atoms with Crippen molar-refractivity contribution in [2.45, 2.75) is 12.8 Å². The van der Waals surface area contributed by atoms with Crippen molar-refractivity contribution >= 4 is 60.9 Å². The van der Waals surface area contributed by atoms with Gasteiger partial charge < -0.3 is 4.57 Å². The number of para-hydroxylation sites is 4. The number of pyridine rings is 4. The molecule has 43 heavy (non-hydrogen) atoms. The maximum Gasteiger partial charge on any atom is 0.146 e. The molecule has 204 valence electrons. The molecule has 9 rings (SSSR count). The monoisotopic (exact) mass is 554 g/mol. The van der Waals surface area contributed by atoms with Gasteiger partial charge in [-0.25, -0.2) is 9.98 Å². The zero-order valence-corrected chi connectivity index (χ0v) is 23.6. The van der Waals surface area contributed by atoms with Crippen LogP contribution in [0.1, 0.15) is 17.7 Å². The first kappa shape index (κ1) is 24.0. The summed E-state index contributed by atoms with van der Waals surface area (Å²) in [6, 6.07) is 31.2. The molecule has 0 atom stereocenters. The number of aryl methyl sites for hydroxylation is 2. The van der Waals surface area contributed by atoms with Gasteiger partial charge in [-0.1, -0.05) is 60.7 Å². The highest BCUT2D eigenvalue weighted by Gasteiger charge is 2.20. The van der Waals surface area contributed by atoms with Crippen molar-refractivity contribution in [3.8, 4) is 11.4 Å². The second-order valence-corrected chi connectivity index (χ2v) is 11.1. The highest BCUT2D eigenvalue weighted by atomic mass is 15.0. The maximum absolute atomic E-state index is 5.12. The minimum absolute atomic E-state index is 0.803. The van der Waals surface area contributed by atoms with E-state index in [1.807, 2.05) is 42.7 Å². The second kappa shape index (κ2) is 9.19. The average Bonchev–Trinajstić information content (AvgIpc) is 3.47. The lowest BCUT2D eigenvalue weighted by Gasteiger charge is -2.17. The van der Waals surface area contributed by atoms with E-state index in [0.717, 1.165) is 84.5 Å². The van der Waals surface area contributed by atoms with Gasteiger partial charge in [0.2, 0.25) is 0 Å². The molecular weight excluding hydrogens is 528 g/mol. The number of rotatable bonds is 2. The summed E-state index contributed by atoms with van der Waals surface area (Å²) in [6.45, 7) is 0. The Morgan fingerprint density at radius 1 is 0.698 bits per heavy atom. The number of aromatic nitrogens is 5. The van der Waals surface area contributed by atoms with Crippen molar-refractivity contribution in [3.63, 3.8) is 0 Å². The van der Waals surface area contributed by atoms with Crippen molar-refractivity contribution in [2.24, 2.45) is 12.0 Å². The van der Waals surface area contributed by atoms with E-state index in [-0.39, 0.29) is 0 Å². The van der Waals surface area contributed by atoms with Crippen molar-refractivity contribution in [1.29, 1.82) is 0 Å². The first-order valence-electron chi connectivity index (χ1n) is 14.6. The molecule has 1 aliphatic carbocycles. The number of imidazole rings is 1. The van der Waals surface area contributed by atoms with Crippen LogP contribution in [0.15, 0.2) is 114 Å². The fraction of sp³-hybridized carbons (Fsp3) is 0.0811. The van der Waals surface area contributed by atoms with Crippen molar-refractivity contribution in [1.82, 2.24) is 23.9 Å². The number of nitrogens with zero attached hydrogens (tertiary/aromatic N) is 6. The van der Waals surface area contributed by atoms with Gasteiger partial charge in [0.25, 0.3) is 0 Å². The number of benzene rings is 3. The van der Waals surface area contributed by atoms with Gasteiger partial charge in [-0.05, 0) is 55.3 Å². The molecule has 0 unspecified atom stereocenters. The molecule has 6 heteroatoms. The van der Waals surface area contributed by atoms with E-state index in [4.69, 9.17) is 19.9 Å². The summed E-state index contributed by atoms with van der Waals surface area (Å²) in [5.41, 5.74) is 10.1. The fourth-order valence-corrected chi connectivity index (χ4v) is 6.65. The molecule has 0 saturated carbocycles. The Morgan fingerprint density at radius 2 is 1.42 bits per heavy atom. The lowest BCUT2D eigenvalue weighted by molar-refractivity contribution is 0.890. The molecule has 5 aromatic heterocycles. The molecule has 1 aliphatic rings. The number of hydrogen-bond donors (Lipinski definition) is 0. The van der Waals surface area contributed by atoms with Crippen LogP contribution < -0.4 is 5.49 Å². The highest BCUT2D eigenvalue weighted by molar-refractivity contribution is 6.07. The van der Waals surface area contributed by atoms with E-state index < -0.39 is 0 Å². The van der Waals surface area contributed by atoms with Gasteiger partial charge in [0, 0.05) is 63.1 Å². The molecule has 0 aliphatic heterocycles. The largest absolute Gasteiger partial charge is 0.328 e. The Hall–Kier alpha value is -5.62. The minimum atomic E-state index is 0.803. The van der Waals surface area contributed by atoms with Gasteiger partial charge in [-0.15, -0.1) is 0 Å². The molecule has 0 N–H and O–H groups in total. The molecule has 0 amide bonds. The lowest BCUT2D eigenvalue weighted by atomic mass is 9.97. The second-order valence-electron chi connectivity index (χ2n) is 11.1. The number of fused-ring (bicyclic) bond motifs is 11. The normalized spacial score (nSPS) is 13.6. The molecule has 6 nitrogen and oxygen atoms in total. The van der Waals surface area contributed by atoms with Crippen molar-refractivity contribution in [2.75, 3.05) is 0 Å². The van der Waals surface area contributed by atoms with Gasteiger partial charge in [0.1, 0.15) is 11.1 Å². The molecule has 0 bridgehead atoms. The smallest absolute Gasteiger partial charge is 0.146 e. The van der Waals surface area contributed by atoms with Crippen molar-refractivity contribution in [3.05, 3.63) is 126 Å². The van der Waals surface area contributed by atoms with Crippen LogP contribution in [0.5, 0.6) is 0 Å². The predicted molar refractivity (Wildman–Crippen MR) is 174 cm³/mol. The van der Waals surface area contributed by atoms with Crippen LogP contribution >= 0.6 is 0 Å². The SMILES string of the molecule is Cn1/c(=N\c2ccccc2)c2cc(-c3cc4c(cn3)c3c(n5c6ccccc6nc45)CCC=C3)ncc2c2ccccc21. The zero-order valence-electron chi connectivity index (χ0n) is 23.6. The summed E-state index contributed by atoms with van der Waals surface area (Å²) in [5, 5.41) is 5.43. The highest BCUT2D eigenvalue weighted by Crippen LogP contribution is 2.35. The molecule has 0 radical (unpaired) electrons. The molecule has 0 fully saturated rings. The van der Waals surface area contributed by atoms with Gasteiger partial charge in [0.15, 0.2) is 0 Å². The number of allylic oxidation sites excluding steroid dienone is 1. The molecule has 3 aromatic carbocycles. The third-order valence-corrected chi connectivity index (χ3v) is 8.68. The first-order chi connectivity index (χ1) is 21.2. The Morgan fingerprint density at radius 3 is 2.28 bits per heavy atom. The fourth-order valence-electron chi connectivity index (χ4n) is 6.65.